The molecule has 0 aliphatic heterocycles. The van der Waals surface area contributed by atoms with Crippen molar-refractivity contribution in [3.8, 4) is 22.5 Å². The van der Waals surface area contributed by atoms with Gasteiger partial charge >= 0.3 is 12.4 Å². The van der Waals surface area contributed by atoms with Crippen molar-refractivity contribution in [1.82, 2.24) is 29.8 Å². The Morgan fingerprint density at radius 2 is 1.19 bits per heavy atom. The molecule has 3 heterocycles. The zero-order valence-corrected chi connectivity index (χ0v) is 36.1. The average Bonchev–Trinajstić information content (AvgIpc) is 3.55. The molecule has 64 heavy (non-hydrogen) atoms. The fourth-order valence-electron chi connectivity index (χ4n) is 7.45. The summed E-state index contributed by atoms with van der Waals surface area (Å²) >= 11 is 0. The number of Topliss-reactive ketones (excluding diaryl/α,β-unsaturated/α-hetero) is 1. The highest BCUT2D eigenvalue weighted by atomic mass is 19.4. The Morgan fingerprint density at radius 1 is 0.719 bits per heavy atom. The molecule has 2 amide bonds. The predicted octanol–water partition coefficient (Wildman–Crippen LogP) is 7.07. The number of aryl methyl sites for hydroxylation is 2. The van der Waals surface area contributed by atoms with Crippen LogP contribution in [0.2, 0.25) is 0 Å². The lowest BCUT2D eigenvalue weighted by Crippen LogP contribution is -2.36. The van der Waals surface area contributed by atoms with Crippen LogP contribution in [0.15, 0.2) is 80.5 Å². The maximum Gasteiger partial charge on any atom is 0.416 e. The molecule has 0 spiro atoms. The number of nitrogens with zero attached hydrogens (tertiary/aromatic N) is 4. The van der Waals surface area contributed by atoms with Gasteiger partial charge in [0.15, 0.2) is 5.78 Å². The first-order valence-corrected chi connectivity index (χ1v) is 20.0. The van der Waals surface area contributed by atoms with Crippen LogP contribution in [0.5, 0.6) is 0 Å². The minimum atomic E-state index is -4.72. The van der Waals surface area contributed by atoms with E-state index in [0.717, 1.165) is 39.5 Å². The van der Waals surface area contributed by atoms with E-state index in [2.05, 4.69) is 15.8 Å². The fourth-order valence-corrected chi connectivity index (χ4v) is 7.45. The minimum Gasteiger partial charge on any atom is -0.402 e. The molecule has 0 aliphatic rings. The van der Waals surface area contributed by atoms with Crippen LogP contribution in [0.25, 0.3) is 28.1 Å². The van der Waals surface area contributed by atoms with Crippen LogP contribution in [0.1, 0.15) is 86.9 Å². The molecule has 0 bridgehead atoms. The van der Waals surface area contributed by atoms with Crippen molar-refractivity contribution in [2.24, 2.45) is 5.73 Å². The summed E-state index contributed by atoms with van der Waals surface area (Å²) < 4.78 is 89.2. The third-order valence-corrected chi connectivity index (χ3v) is 10.6. The summed E-state index contributed by atoms with van der Waals surface area (Å²) in [5.74, 6) is -1.68. The molecular formula is C45H47F6N7O6. The Morgan fingerprint density at radius 3 is 1.61 bits per heavy atom. The summed E-state index contributed by atoms with van der Waals surface area (Å²) in [5.41, 5.74) is 3.15. The molecule has 13 nitrogen and oxygen atoms in total. The number of carbonyl (C=O) groups is 3. The normalized spacial score (nSPS) is 12.3. The third-order valence-electron chi connectivity index (χ3n) is 10.6. The van der Waals surface area contributed by atoms with E-state index in [4.69, 9.17) is 10.3 Å². The first kappa shape index (κ1) is 48.3. The van der Waals surface area contributed by atoms with Crippen LogP contribution >= 0.6 is 0 Å². The monoisotopic (exact) mass is 895 g/mol. The van der Waals surface area contributed by atoms with E-state index >= 15 is 0 Å². The molecule has 2 aromatic carbocycles. The number of halogens is 6. The number of nitrogens with one attached hydrogen (secondary N) is 2. The van der Waals surface area contributed by atoms with E-state index in [1.54, 1.807) is 27.8 Å². The quantitative estimate of drug-likeness (QED) is 0.0565. The maximum absolute atomic E-state index is 13.8. The van der Waals surface area contributed by atoms with E-state index in [1.807, 2.05) is 4.90 Å². The summed E-state index contributed by atoms with van der Waals surface area (Å²) in [6, 6.07) is 10.8. The number of alkyl halides is 6. The van der Waals surface area contributed by atoms with Crippen molar-refractivity contribution in [1.29, 1.82) is 0 Å². The molecule has 0 saturated carbocycles. The van der Waals surface area contributed by atoms with Gasteiger partial charge in [-0.25, -0.2) is 0 Å². The topological polar surface area (TPSA) is 175 Å². The predicted molar refractivity (Wildman–Crippen MR) is 227 cm³/mol. The Hall–Kier alpha value is -6.76. The molecule has 0 unspecified atom stereocenters. The van der Waals surface area contributed by atoms with Gasteiger partial charge in [-0.15, -0.1) is 0 Å². The number of hydrogen-bond donors (Lipinski definition) is 3. The van der Waals surface area contributed by atoms with Crippen LogP contribution in [0, 0.1) is 27.7 Å². The van der Waals surface area contributed by atoms with Gasteiger partial charge in [-0.1, -0.05) is 17.3 Å². The minimum absolute atomic E-state index is 0.00192. The van der Waals surface area contributed by atoms with E-state index in [1.165, 1.54) is 51.1 Å². The highest BCUT2D eigenvalue weighted by Crippen LogP contribution is 2.34. The summed E-state index contributed by atoms with van der Waals surface area (Å²) in [5, 5.41) is 9.34. The van der Waals surface area contributed by atoms with Crippen molar-refractivity contribution < 1.29 is 45.2 Å². The smallest absolute Gasteiger partial charge is 0.402 e. The van der Waals surface area contributed by atoms with Crippen LogP contribution in [0.4, 0.5) is 26.3 Å². The number of hydrogen-bond acceptors (Lipinski definition) is 9. The Bertz CT molecular complexity index is 2740. The zero-order chi connectivity index (χ0) is 47.4. The van der Waals surface area contributed by atoms with Crippen LogP contribution in [-0.2, 0) is 17.1 Å². The molecule has 5 rings (SSSR count). The zero-order valence-electron chi connectivity index (χ0n) is 36.1. The van der Waals surface area contributed by atoms with Gasteiger partial charge in [-0.2, -0.15) is 26.3 Å². The molecule has 0 atom stereocenters. The average molecular weight is 896 g/mol. The third kappa shape index (κ3) is 10.5. The molecule has 0 radical (unpaired) electrons. The molecular weight excluding hydrogens is 849 g/mol. The first-order valence-electron chi connectivity index (χ1n) is 20.0. The van der Waals surface area contributed by atoms with Gasteiger partial charge in [0.2, 0.25) is 0 Å². The number of ketones is 1. The maximum atomic E-state index is 13.8. The van der Waals surface area contributed by atoms with E-state index < -0.39 is 57.8 Å². The lowest BCUT2D eigenvalue weighted by atomic mass is 9.97. The van der Waals surface area contributed by atoms with Crippen molar-refractivity contribution >= 4 is 23.2 Å². The molecule has 19 heteroatoms. The number of benzene rings is 2. The van der Waals surface area contributed by atoms with Crippen LogP contribution < -0.4 is 27.5 Å². The molecule has 4 N–H and O–H groups in total. The van der Waals surface area contributed by atoms with E-state index in [0.29, 0.717) is 48.5 Å². The van der Waals surface area contributed by atoms with Crippen LogP contribution in [0.3, 0.4) is 0 Å². The van der Waals surface area contributed by atoms with Crippen molar-refractivity contribution in [3.05, 3.63) is 138 Å². The number of nitrogens with two attached hydrogens (primary N) is 1. The molecule has 0 aliphatic carbocycles. The number of allylic oxidation sites excluding steroid dienone is 2. The highest BCUT2D eigenvalue weighted by molar-refractivity contribution is 6.21. The second kappa shape index (κ2) is 19.3. The summed E-state index contributed by atoms with van der Waals surface area (Å²) in [6.07, 6.45) is -8.61. The second-order valence-electron chi connectivity index (χ2n) is 15.3. The number of aromatic nitrogens is 3. The molecule has 0 saturated heterocycles. The molecule has 0 fully saturated rings. The number of pyridine rings is 2. The summed E-state index contributed by atoms with van der Waals surface area (Å²) in [7, 11) is 1.79. The Labute approximate surface area is 363 Å². The van der Waals surface area contributed by atoms with Gasteiger partial charge in [-0.05, 0) is 123 Å². The van der Waals surface area contributed by atoms with Gasteiger partial charge in [0, 0.05) is 63.8 Å². The largest absolute Gasteiger partial charge is 0.416 e. The lowest BCUT2D eigenvalue weighted by molar-refractivity contribution is -0.138. The van der Waals surface area contributed by atoms with Crippen molar-refractivity contribution in [2.45, 2.75) is 66.7 Å². The fraction of sp³-hybridized carbons (Fsp3) is 0.333. The number of rotatable bonds is 15. The van der Waals surface area contributed by atoms with Gasteiger partial charge in [-0.3, -0.25) is 33.1 Å². The van der Waals surface area contributed by atoms with Gasteiger partial charge < -0.3 is 25.8 Å². The first-order chi connectivity index (χ1) is 29.9. The molecule has 3 aromatic heterocycles. The van der Waals surface area contributed by atoms with Gasteiger partial charge in [0.05, 0.1) is 16.8 Å². The molecule has 5 aromatic rings. The SMILES string of the molecule is CC(=O)C(=C(C)N)c1cc(C(=O)NCCCN(C)CCCNC(=O)c2cc(-c3c(C)noc3C)c(C)n(-c3cccc(C(F)(F)F)c3)c2=O)c(=O)n(-c2cccc(C(F)(F)F)c2)c1C. The lowest BCUT2D eigenvalue weighted by Gasteiger charge is -2.20. The van der Waals surface area contributed by atoms with Crippen molar-refractivity contribution in [2.75, 3.05) is 33.2 Å². The summed E-state index contributed by atoms with van der Waals surface area (Å²) in [6.45, 7) is 10.1. The van der Waals surface area contributed by atoms with Crippen LogP contribution in [-0.4, -0.2) is 70.0 Å². The van der Waals surface area contributed by atoms with Gasteiger partial charge in [0.1, 0.15) is 16.9 Å². The van der Waals surface area contributed by atoms with E-state index in [-0.39, 0.29) is 58.2 Å². The van der Waals surface area contributed by atoms with E-state index in [9.17, 15) is 50.3 Å². The highest BCUT2D eigenvalue weighted by Gasteiger charge is 2.33. The summed E-state index contributed by atoms with van der Waals surface area (Å²) in [4.78, 5) is 69.2. The Balaban J connectivity index is 1.26. The number of amides is 2. The second-order valence-corrected chi connectivity index (χ2v) is 15.3. The number of carbonyl (C=O) groups excluding carboxylic acids is 3. The van der Waals surface area contributed by atoms with Crippen molar-refractivity contribution in [3.63, 3.8) is 0 Å². The Kier molecular flexibility index (Phi) is 14.6. The molecule has 340 valence electrons. The standard InChI is InChI=1S/C45H47F6N7O6/c1-24(52)38(28(5)59)34-22-36(42(62)57(26(34)3)32-14-8-12-30(20-32)44(46,47)48)40(60)53-16-10-18-56(7)19-11-17-54-41(61)37-23-35(39-25(2)55-64-29(39)6)27(4)58(43(37)63)33-15-9-13-31(21-33)45(49,50)51/h8-9,12-15,20-23H,10-11,16-19,52H2,1-7H3,(H,53,60)(H,54,61). The van der Waals surface area contributed by atoms with Gasteiger partial charge in [0.25, 0.3) is 22.9 Å².